The quantitative estimate of drug-likeness (QED) is 0.741. The number of nitrogens with zero attached hydrogens (tertiary/aromatic N) is 1. The van der Waals surface area contributed by atoms with E-state index in [0.717, 1.165) is 6.07 Å². The van der Waals surface area contributed by atoms with Gasteiger partial charge in [-0.3, -0.25) is 4.79 Å². The predicted molar refractivity (Wildman–Crippen MR) is 55.9 cm³/mol. The molecule has 0 bridgehead atoms. The number of carbonyl (C=O) groups is 1. The number of nitriles is 1. The van der Waals surface area contributed by atoms with Gasteiger partial charge in [0.25, 0.3) is 0 Å². The standard InChI is InChI=1S/C10H16F3N3O/c1-7(2)4-16-9(17)6-15-5-8(3-14)10(11,12)13/h7-8,15H,4-6H2,1-2H3,(H,16,17). The van der Waals surface area contributed by atoms with Crippen molar-refractivity contribution in [3.63, 3.8) is 0 Å². The second-order valence-corrected chi connectivity index (χ2v) is 4.05. The summed E-state index contributed by atoms with van der Waals surface area (Å²) in [6.45, 7) is 3.49. The molecular weight excluding hydrogens is 235 g/mol. The molecule has 0 aliphatic heterocycles. The summed E-state index contributed by atoms with van der Waals surface area (Å²) in [5.74, 6) is -2.18. The highest BCUT2D eigenvalue weighted by Gasteiger charge is 2.39. The van der Waals surface area contributed by atoms with Crippen molar-refractivity contribution in [2.24, 2.45) is 11.8 Å². The molecule has 0 aliphatic carbocycles. The fraction of sp³-hybridized carbons (Fsp3) is 0.800. The van der Waals surface area contributed by atoms with Gasteiger partial charge < -0.3 is 10.6 Å². The molecule has 0 aromatic rings. The van der Waals surface area contributed by atoms with Crippen LogP contribution >= 0.6 is 0 Å². The van der Waals surface area contributed by atoms with Gasteiger partial charge in [0.2, 0.25) is 5.91 Å². The van der Waals surface area contributed by atoms with Crippen molar-refractivity contribution in [1.29, 1.82) is 5.26 Å². The number of rotatable bonds is 6. The lowest BCUT2D eigenvalue weighted by molar-refractivity contribution is -0.158. The van der Waals surface area contributed by atoms with Gasteiger partial charge in [-0.05, 0) is 5.92 Å². The molecule has 1 atom stereocenters. The van der Waals surface area contributed by atoms with Crippen LogP contribution in [0.1, 0.15) is 13.8 Å². The van der Waals surface area contributed by atoms with E-state index in [4.69, 9.17) is 5.26 Å². The maximum Gasteiger partial charge on any atom is 0.405 e. The Labute approximate surface area is 98.2 Å². The largest absolute Gasteiger partial charge is 0.405 e. The van der Waals surface area contributed by atoms with Crippen LogP contribution in [-0.2, 0) is 4.79 Å². The van der Waals surface area contributed by atoms with Crippen molar-refractivity contribution >= 4 is 5.91 Å². The molecular formula is C10H16F3N3O. The minimum atomic E-state index is -4.56. The van der Waals surface area contributed by atoms with Crippen molar-refractivity contribution in [2.45, 2.75) is 20.0 Å². The van der Waals surface area contributed by atoms with Crippen molar-refractivity contribution in [2.75, 3.05) is 19.6 Å². The lowest BCUT2D eigenvalue weighted by atomic mass is 10.1. The molecule has 1 amide bonds. The van der Waals surface area contributed by atoms with E-state index in [1.165, 1.54) is 0 Å². The summed E-state index contributed by atoms with van der Waals surface area (Å²) < 4.78 is 36.4. The fourth-order valence-corrected chi connectivity index (χ4v) is 0.945. The molecule has 17 heavy (non-hydrogen) atoms. The number of halogens is 3. The molecule has 1 unspecified atom stereocenters. The highest BCUT2D eigenvalue weighted by atomic mass is 19.4. The number of nitrogens with one attached hydrogen (secondary N) is 2. The Hall–Kier alpha value is -1.29. The summed E-state index contributed by atoms with van der Waals surface area (Å²) in [7, 11) is 0. The third-order valence-corrected chi connectivity index (χ3v) is 1.89. The Bertz CT molecular complexity index is 284. The van der Waals surface area contributed by atoms with Gasteiger partial charge in [-0.15, -0.1) is 0 Å². The summed E-state index contributed by atoms with van der Waals surface area (Å²) in [4.78, 5) is 11.1. The molecule has 0 aromatic carbocycles. The van der Waals surface area contributed by atoms with Gasteiger partial charge in [0.05, 0.1) is 12.6 Å². The molecule has 0 aromatic heterocycles. The van der Waals surface area contributed by atoms with E-state index in [9.17, 15) is 18.0 Å². The van der Waals surface area contributed by atoms with Gasteiger partial charge >= 0.3 is 6.18 Å². The minimum absolute atomic E-state index is 0.221. The van der Waals surface area contributed by atoms with Crippen molar-refractivity contribution in [3.05, 3.63) is 0 Å². The zero-order valence-corrected chi connectivity index (χ0v) is 9.77. The topological polar surface area (TPSA) is 64.9 Å². The van der Waals surface area contributed by atoms with Gasteiger partial charge in [0, 0.05) is 13.1 Å². The summed E-state index contributed by atoms with van der Waals surface area (Å²) in [6.07, 6.45) is -4.56. The lowest BCUT2D eigenvalue weighted by Gasteiger charge is -2.14. The van der Waals surface area contributed by atoms with Gasteiger partial charge in [-0.2, -0.15) is 18.4 Å². The van der Waals surface area contributed by atoms with Gasteiger partial charge in [0.1, 0.15) is 0 Å². The molecule has 0 heterocycles. The molecule has 0 fully saturated rings. The Morgan fingerprint density at radius 1 is 1.35 bits per heavy atom. The van der Waals surface area contributed by atoms with Crippen LogP contribution in [0, 0.1) is 23.2 Å². The van der Waals surface area contributed by atoms with E-state index >= 15 is 0 Å². The number of hydrogen-bond acceptors (Lipinski definition) is 3. The first kappa shape index (κ1) is 15.7. The molecule has 0 aliphatic rings. The molecule has 0 spiro atoms. The summed E-state index contributed by atoms with van der Waals surface area (Å²) >= 11 is 0. The summed E-state index contributed by atoms with van der Waals surface area (Å²) in [5.41, 5.74) is 0. The normalized spacial score (nSPS) is 13.2. The predicted octanol–water partition coefficient (Wildman–Crippen LogP) is 1.05. The van der Waals surface area contributed by atoms with Gasteiger partial charge in [-0.25, -0.2) is 0 Å². The van der Waals surface area contributed by atoms with Crippen LogP contribution in [-0.4, -0.2) is 31.7 Å². The highest BCUT2D eigenvalue weighted by molar-refractivity contribution is 5.77. The summed E-state index contributed by atoms with van der Waals surface area (Å²) in [6, 6.07) is 1.15. The molecule has 0 saturated heterocycles. The zero-order valence-electron chi connectivity index (χ0n) is 9.77. The van der Waals surface area contributed by atoms with Gasteiger partial charge in [0.15, 0.2) is 5.92 Å². The van der Waals surface area contributed by atoms with Crippen molar-refractivity contribution in [1.82, 2.24) is 10.6 Å². The first-order valence-corrected chi connectivity index (χ1v) is 5.21. The lowest BCUT2D eigenvalue weighted by Crippen LogP contribution is -2.39. The molecule has 0 radical (unpaired) electrons. The van der Waals surface area contributed by atoms with E-state index < -0.39 is 18.6 Å². The number of alkyl halides is 3. The second-order valence-electron chi connectivity index (χ2n) is 4.05. The average Bonchev–Trinajstić information content (AvgIpc) is 2.19. The number of hydrogen-bond donors (Lipinski definition) is 2. The Morgan fingerprint density at radius 2 is 1.94 bits per heavy atom. The molecule has 4 nitrogen and oxygen atoms in total. The maximum atomic E-state index is 12.1. The van der Waals surface area contributed by atoms with Crippen molar-refractivity contribution < 1.29 is 18.0 Å². The molecule has 0 rings (SSSR count). The zero-order chi connectivity index (χ0) is 13.5. The summed E-state index contributed by atoms with van der Waals surface area (Å²) in [5, 5.41) is 13.2. The minimum Gasteiger partial charge on any atom is -0.355 e. The first-order chi connectivity index (χ1) is 7.77. The Kier molecular flexibility index (Phi) is 6.58. The SMILES string of the molecule is CC(C)CNC(=O)CNCC(C#N)C(F)(F)F. The van der Waals surface area contributed by atoms with Crippen LogP contribution in [0.3, 0.4) is 0 Å². The molecule has 7 heteroatoms. The highest BCUT2D eigenvalue weighted by Crippen LogP contribution is 2.24. The van der Waals surface area contributed by atoms with Gasteiger partial charge in [-0.1, -0.05) is 13.8 Å². The molecule has 98 valence electrons. The first-order valence-electron chi connectivity index (χ1n) is 5.21. The molecule has 2 N–H and O–H groups in total. The second kappa shape index (κ2) is 7.12. The van der Waals surface area contributed by atoms with Crippen LogP contribution in [0.25, 0.3) is 0 Å². The van der Waals surface area contributed by atoms with Crippen LogP contribution < -0.4 is 10.6 Å². The Morgan fingerprint density at radius 3 is 2.35 bits per heavy atom. The van der Waals surface area contributed by atoms with Crippen LogP contribution in [0.15, 0.2) is 0 Å². The fourth-order valence-electron chi connectivity index (χ4n) is 0.945. The third kappa shape index (κ3) is 7.58. The van der Waals surface area contributed by atoms with Crippen LogP contribution in [0.5, 0.6) is 0 Å². The average molecular weight is 251 g/mol. The van der Waals surface area contributed by atoms with E-state index in [-0.39, 0.29) is 18.4 Å². The van der Waals surface area contributed by atoms with Crippen LogP contribution in [0.4, 0.5) is 13.2 Å². The van der Waals surface area contributed by atoms with E-state index in [1.807, 2.05) is 13.8 Å². The number of amides is 1. The van der Waals surface area contributed by atoms with E-state index in [1.54, 1.807) is 0 Å². The van der Waals surface area contributed by atoms with Crippen molar-refractivity contribution in [3.8, 4) is 6.07 Å². The smallest absolute Gasteiger partial charge is 0.355 e. The maximum absolute atomic E-state index is 12.1. The van der Waals surface area contributed by atoms with Crippen LogP contribution in [0.2, 0.25) is 0 Å². The van der Waals surface area contributed by atoms with E-state index in [0.29, 0.717) is 6.54 Å². The Balaban J connectivity index is 3.83. The monoisotopic (exact) mass is 251 g/mol. The number of carbonyl (C=O) groups excluding carboxylic acids is 1. The van der Waals surface area contributed by atoms with E-state index in [2.05, 4.69) is 10.6 Å². The third-order valence-electron chi connectivity index (χ3n) is 1.89. The molecule has 0 saturated carbocycles.